The summed E-state index contributed by atoms with van der Waals surface area (Å²) in [5.74, 6) is -0.395. The van der Waals surface area contributed by atoms with Gasteiger partial charge in [-0.3, -0.25) is 4.79 Å². The van der Waals surface area contributed by atoms with Crippen LogP contribution in [0.2, 0.25) is 5.02 Å². The van der Waals surface area contributed by atoms with Crippen LogP contribution in [0.1, 0.15) is 29.8 Å². The fourth-order valence-electron chi connectivity index (χ4n) is 3.34. The van der Waals surface area contributed by atoms with Crippen LogP contribution in [-0.2, 0) is 17.1 Å². The molecule has 0 spiro atoms. The summed E-state index contributed by atoms with van der Waals surface area (Å²) < 4.78 is 28.8. The molecule has 1 aromatic carbocycles. The first-order chi connectivity index (χ1) is 13.2. The van der Waals surface area contributed by atoms with E-state index in [0.717, 1.165) is 24.9 Å². The molecule has 28 heavy (non-hydrogen) atoms. The Kier molecular flexibility index (Phi) is 6.02. The number of aromatic nitrogens is 1. The molecule has 1 saturated heterocycles. The van der Waals surface area contributed by atoms with Crippen LogP contribution in [0, 0.1) is 0 Å². The molecule has 1 aliphatic rings. The standard InChI is InChI=1S/C19H25ClN4O3S/c1-22(2)17-8-7-14(20)11-16(17)21-19(25)18-12-15(13-23(18)3)28(26,27)24-9-5-4-6-10-24/h7-8,11-13H,4-6,9-10H2,1-3H3,(H,21,25). The molecule has 2 aromatic rings. The van der Waals surface area contributed by atoms with Crippen molar-refractivity contribution in [2.75, 3.05) is 37.4 Å². The largest absolute Gasteiger partial charge is 0.376 e. The summed E-state index contributed by atoms with van der Waals surface area (Å²) in [6.07, 6.45) is 4.26. The Bertz CT molecular complexity index is 979. The molecule has 0 unspecified atom stereocenters. The highest BCUT2D eigenvalue weighted by Gasteiger charge is 2.28. The molecule has 7 nitrogen and oxygen atoms in total. The maximum Gasteiger partial charge on any atom is 0.272 e. The minimum absolute atomic E-state index is 0.140. The molecular weight excluding hydrogens is 400 g/mol. The van der Waals surface area contributed by atoms with Crippen LogP contribution < -0.4 is 10.2 Å². The molecule has 0 atom stereocenters. The van der Waals surface area contributed by atoms with E-state index in [9.17, 15) is 13.2 Å². The molecule has 152 valence electrons. The molecule has 1 amide bonds. The third-order valence-corrected chi connectivity index (χ3v) is 6.95. The minimum atomic E-state index is -3.60. The highest BCUT2D eigenvalue weighted by Crippen LogP contribution is 2.29. The second kappa shape index (κ2) is 8.14. The Labute approximate surface area is 170 Å². The van der Waals surface area contributed by atoms with Crippen molar-refractivity contribution in [2.24, 2.45) is 7.05 Å². The van der Waals surface area contributed by atoms with Gasteiger partial charge >= 0.3 is 0 Å². The van der Waals surface area contributed by atoms with Crippen LogP contribution in [0.4, 0.5) is 11.4 Å². The molecule has 2 heterocycles. The number of sulfonamides is 1. The van der Waals surface area contributed by atoms with E-state index in [4.69, 9.17) is 11.6 Å². The molecule has 0 radical (unpaired) electrons. The number of nitrogens with zero attached hydrogens (tertiary/aromatic N) is 3. The van der Waals surface area contributed by atoms with Gasteiger partial charge in [0.1, 0.15) is 10.6 Å². The summed E-state index contributed by atoms with van der Waals surface area (Å²) in [5, 5.41) is 3.34. The summed E-state index contributed by atoms with van der Waals surface area (Å²) in [6, 6.07) is 6.66. The highest BCUT2D eigenvalue weighted by molar-refractivity contribution is 7.89. The summed E-state index contributed by atoms with van der Waals surface area (Å²) >= 11 is 6.07. The number of hydrogen-bond acceptors (Lipinski definition) is 4. The maximum absolute atomic E-state index is 12.9. The molecule has 0 aliphatic carbocycles. The first kappa shape index (κ1) is 20.7. The van der Waals surface area contributed by atoms with Crippen molar-refractivity contribution in [1.29, 1.82) is 0 Å². The van der Waals surface area contributed by atoms with Gasteiger partial charge in [-0.2, -0.15) is 4.31 Å². The maximum atomic E-state index is 12.9. The van der Waals surface area contributed by atoms with Gasteiger partial charge in [0.05, 0.1) is 11.4 Å². The Morgan fingerprint density at radius 3 is 2.46 bits per heavy atom. The van der Waals surface area contributed by atoms with E-state index in [1.165, 1.54) is 21.1 Å². The molecule has 3 rings (SSSR count). The van der Waals surface area contributed by atoms with Crippen molar-refractivity contribution >= 4 is 38.9 Å². The van der Waals surface area contributed by atoms with Gasteiger partial charge in [-0.1, -0.05) is 18.0 Å². The zero-order chi connectivity index (χ0) is 20.5. The van der Waals surface area contributed by atoms with Gasteiger partial charge in [0, 0.05) is 45.5 Å². The van der Waals surface area contributed by atoms with Crippen molar-refractivity contribution < 1.29 is 13.2 Å². The zero-order valence-electron chi connectivity index (χ0n) is 16.3. The summed E-state index contributed by atoms with van der Waals surface area (Å²) in [5.41, 5.74) is 1.62. The zero-order valence-corrected chi connectivity index (χ0v) is 17.8. The van der Waals surface area contributed by atoms with E-state index < -0.39 is 15.9 Å². The SMILES string of the molecule is CN(C)c1ccc(Cl)cc1NC(=O)c1cc(S(=O)(=O)N2CCCCC2)cn1C. The Hall–Kier alpha value is -2.03. The normalized spacial score (nSPS) is 15.4. The third-order valence-electron chi connectivity index (χ3n) is 4.85. The Morgan fingerprint density at radius 1 is 1.14 bits per heavy atom. The molecule has 1 aliphatic heterocycles. The fourth-order valence-corrected chi connectivity index (χ4v) is 5.10. The van der Waals surface area contributed by atoms with Crippen molar-refractivity contribution in [3.05, 3.63) is 41.2 Å². The minimum Gasteiger partial charge on any atom is -0.376 e. The van der Waals surface area contributed by atoms with Gasteiger partial charge < -0.3 is 14.8 Å². The number of piperidine rings is 1. The second-order valence-electron chi connectivity index (χ2n) is 7.15. The number of halogens is 1. The number of anilines is 2. The Balaban J connectivity index is 1.87. The van der Waals surface area contributed by atoms with Gasteiger partial charge in [0.2, 0.25) is 10.0 Å². The van der Waals surface area contributed by atoms with Crippen LogP contribution in [0.5, 0.6) is 0 Å². The predicted molar refractivity (Wildman–Crippen MR) is 112 cm³/mol. The van der Waals surface area contributed by atoms with Crippen molar-refractivity contribution in [1.82, 2.24) is 8.87 Å². The van der Waals surface area contributed by atoms with Gasteiger partial charge in [0.25, 0.3) is 5.91 Å². The van der Waals surface area contributed by atoms with Crippen LogP contribution in [0.15, 0.2) is 35.4 Å². The molecule has 1 fully saturated rings. The van der Waals surface area contributed by atoms with E-state index >= 15 is 0 Å². The van der Waals surface area contributed by atoms with E-state index in [1.807, 2.05) is 25.1 Å². The molecule has 9 heteroatoms. The first-order valence-electron chi connectivity index (χ1n) is 9.15. The average molecular weight is 425 g/mol. The van der Waals surface area contributed by atoms with Crippen LogP contribution in [-0.4, -0.2) is 50.4 Å². The monoisotopic (exact) mass is 424 g/mol. The summed E-state index contributed by atoms with van der Waals surface area (Å²) in [6.45, 7) is 1.04. The number of carbonyl (C=O) groups excluding carboxylic acids is 1. The van der Waals surface area contributed by atoms with E-state index in [-0.39, 0.29) is 10.6 Å². The highest BCUT2D eigenvalue weighted by atomic mass is 35.5. The number of carbonyl (C=O) groups is 1. The number of aryl methyl sites for hydroxylation is 1. The van der Waals surface area contributed by atoms with Crippen molar-refractivity contribution in [3.8, 4) is 0 Å². The lowest BCUT2D eigenvalue weighted by molar-refractivity contribution is 0.101. The van der Waals surface area contributed by atoms with Crippen molar-refractivity contribution in [2.45, 2.75) is 24.2 Å². The summed E-state index contributed by atoms with van der Waals surface area (Å²) in [7, 11) is 1.80. The summed E-state index contributed by atoms with van der Waals surface area (Å²) in [4.78, 5) is 14.8. The lowest BCUT2D eigenvalue weighted by Gasteiger charge is -2.25. The number of benzene rings is 1. The average Bonchev–Trinajstić information content (AvgIpc) is 3.05. The van der Waals surface area contributed by atoms with Gasteiger partial charge in [-0.05, 0) is 37.1 Å². The number of rotatable bonds is 5. The third kappa shape index (κ3) is 4.19. The van der Waals surface area contributed by atoms with Crippen LogP contribution in [0.25, 0.3) is 0 Å². The topological polar surface area (TPSA) is 74.7 Å². The first-order valence-corrected chi connectivity index (χ1v) is 11.0. The number of nitrogens with one attached hydrogen (secondary N) is 1. The smallest absolute Gasteiger partial charge is 0.272 e. The predicted octanol–water partition coefficient (Wildman–Crippen LogP) is 3.17. The van der Waals surface area contributed by atoms with E-state index in [2.05, 4.69) is 5.32 Å². The molecule has 1 N–H and O–H groups in total. The lowest BCUT2D eigenvalue weighted by atomic mass is 10.2. The Morgan fingerprint density at radius 2 is 1.82 bits per heavy atom. The number of amides is 1. The quantitative estimate of drug-likeness (QED) is 0.799. The van der Waals surface area contributed by atoms with E-state index in [0.29, 0.717) is 23.8 Å². The van der Waals surface area contributed by atoms with E-state index in [1.54, 1.807) is 19.2 Å². The van der Waals surface area contributed by atoms with Gasteiger partial charge in [-0.15, -0.1) is 0 Å². The van der Waals surface area contributed by atoms with Gasteiger partial charge in [0.15, 0.2) is 0 Å². The number of hydrogen-bond donors (Lipinski definition) is 1. The second-order valence-corrected chi connectivity index (χ2v) is 9.52. The lowest BCUT2D eigenvalue weighted by Crippen LogP contribution is -2.35. The van der Waals surface area contributed by atoms with Crippen molar-refractivity contribution in [3.63, 3.8) is 0 Å². The molecule has 0 saturated carbocycles. The molecular formula is C19H25ClN4O3S. The van der Waals surface area contributed by atoms with Gasteiger partial charge in [-0.25, -0.2) is 8.42 Å². The molecule has 1 aromatic heterocycles. The molecule has 0 bridgehead atoms. The van der Waals surface area contributed by atoms with Crippen LogP contribution in [0.3, 0.4) is 0 Å². The van der Waals surface area contributed by atoms with Crippen LogP contribution >= 0.6 is 11.6 Å². The fraction of sp³-hybridized carbons (Fsp3) is 0.421.